The maximum Gasteiger partial charge on any atom is 0.279 e. The molecule has 1 heterocycles. The third kappa shape index (κ3) is 4.01. The predicted octanol–water partition coefficient (Wildman–Crippen LogP) is 3.20. The van der Waals surface area contributed by atoms with Gasteiger partial charge in [0.1, 0.15) is 6.54 Å². The number of amides is 2. The van der Waals surface area contributed by atoms with E-state index in [0.29, 0.717) is 28.7 Å². The minimum atomic E-state index is -0.225. The normalized spacial score (nSPS) is 14.2. The molecule has 1 fully saturated rings. The van der Waals surface area contributed by atoms with Gasteiger partial charge in [-0.2, -0.15) is 0 Å². The lowest BCUT2D eigenvalue weighted by Crippen LogP contribution is -2.36. The summed E-state index contributed by atoms with van der Waals surface area (Å²) in [7, 11) is 0. The summed E-state index contributed by atoms with van der Waals surface area (Å²) in [6.07, 6.45) is 4.64. The SMILES string of the molecule is CCC(=O)Nc1ccc2c(c1)c(=O)n(-c1ccccc1)n2CC(=O)NC1CCCC1. The minimum Gasteiger partial charge on any atom is -0.352 e. The van der Waals surface area contributed by atoms with Gasteiger partial charge in [-0.25, -0.2) is 4.68 Å². The van der Waals surface area contributed by atoms with Gasteiger partial charge in [0.25, 0.3) is 5.56 Å². The second-order valence-corrected chi connectivity index (χ2v) is 7.69. The molecular weight excluding hydrogens is 380 g/mol. The van der Waals surface area contributed by atoms with E-state index in [-0.39, 0.29) is 30.0 Å². The largest absolute Gasteiger partial charge is 0.352 e. The molecule has 0 unspecified atom stereocenters. The second kappa shape index (κ2) is 8.57. The number of para-hydroxylation sites is 1. The van der Waals surface area contributed by atoms with Gasteiger partial charge in [-0.05, 0) is 43.2 Å². The number of benzene rings is 2. The highest BCUT2D eigenvalue weighted by atomic mass is 16.2. The fourth-order valence-electron chi connectivity index (χ4n) is 4.05. The Hall–Kier alpha value is -3.35. The molecule has 2 aromatic carbocycles. The predicted molar refractivity (Wildman–Crippen MR) is 117 cm³/mol. The summed E-state index contributed by atoms with van der Waals surface area (Å²) in [5, 5.41) is 6.35. The van der Waals surface area contributed by atoms with Crippen LogP contribution in [-0.4, -0.2) is 27.2 Å². The number of anilines is 1. The summed E-state index contributed by atoms with van der Waals surface area (Å²) in [6.45, 7) is 1.82. The van der Waals surface area contributed by atoms with Crippen molar-refractivity contribution in [3.8, 4) is 5.69 Å². The molecule has 30 heavy (non-hydrogen) atoms. The zero-order valence-electron chi connectivity index (χ0n) is 17.1. The highest BCUT2D eigenvalue weighted by Gasteiger charge is 2.21. The first-order valence-corrected chi connectivity index (χ1v) is 10.5. The van der Waals surface area contributed by atoms with Crippen molar-refractivity contribution >= 4 is 28.4 Å². The number of hydrogen-bond acceptors (Lipinski definition) is 3. The number of hydrogen-bond donors (Lipinski definition) is 2. The molecule has 1 aliphatic carbocycles. The van der Waals surface area contributed by atoms with Crippen LogP contribution in [0.15, 0.2) is 53.3 Å². The Kier molecular flexibility index (Phi) is 5.70. The Morgan fingerprint density at radius 1 is 1.03 bits per heavy atom. The van der Waals surface area contributed by atoms with Crippen LogP contribution in [0.1, 0.15) is 39.0 Å². The first-order chi connectivity index (χ1) is 14.6. The van der Waals surface area contributed by atoms with Gasteiger partial charge in [0.15, 0.2) is 0 Å². The van der Waals surface area contributed by atoms with Crippen LogP contribution in [0.25, 0.3) is 16.6 Å². The molecule has 2 N–H and O–H groups in total. The van der Waals surface area contributed by atoms with Crippen molar-refractivity contribution in [1.29, 1.82) is 0 Å². The van der Waals surface area contributed by atoms with E-state index in [4.69, 9.17) is 0 Å². The first kappa shape index (κ1) is 19.9. The molecule has 1 saturated carbocycles. The molecule has 4 rings (SSSR count). The Bertz CT molecular complexity index is 1120. The number of carbonyl (C=O) groups excluding carboxylic acids is 2. The van der Waals surface area contributed by atoms with Crippen LogP contribution in [0, 0.1) is 0 Å². The summed E-state index contributed by atoms with van der Waals surface area (Å²) < 4.78 is 3.24. The van der Waals surface area contributed by atoms with Crippen LogP contribution in [0.4, 0.5) is 5.69 Å². The number of rotatable bonds is 6. The minimum absolute atomic E-state index is 0.0464. The molecular formula is C23H26N4O3. The van der Waals surface area contributed by atoms with Crippen molar-refractivity contribution in [2.24, 2.45) is 0 Å². The first-order valence-electron chi connectivity index (χ1n) is 10.5. The zero-order valence-corrected chi connectivity index (χ0v) is 17.1. The molecule has 0 spiro atoms. The van der Waals surface area contributed by atoms with Crippen molar-refractivity contribution in [2.45, 2.75) is 51.6 Å². The Morgan fingerprint density at radius 3 is 2.47 bits per heavy atom. The van der Waals surface area contributed by atoms with Gasteiger partial charge in [-0.3, -0.25) is 19.1 Å². The van der Waals surface area contributed by atoms with Gasteiger partial charge in [-0.15, -0.1) is 0 Å². The van der Waals surface area contributed by atoms with Crippen LogP contribution in [0.5, 0.6) is 0 Å². The molecule has 2 amide bonds. The average Bonchev–Trinajstić information content (AvgIpc) is 3.35. The van der Waals surface area contributed by atoms with E-state index in [9.17, 15) is 14.4 Å². The summed E-state index contributed by atoms with van der Waals surface area (Å²) in [4.78, 5) is 37.8. The van der Waals surface area contributed by atoms with E-state index < -0.39 is 0 Å². The monoisotopic (exact) mass is 406 g/mol. The van der Waals surface area contributed by atoms with Crippen molar-refractivity contribution in [3.63, 3.8) is 0 Å². The number of nitrogens with one attached hydrogen (secondary N) is 2. The molecule has 0 saturated heterocycles. The van der Waals surface area contributed by atoms with Gasteiger partial charge in [0, 0.05) is 18.2 Å². The van der Waals surface area contributed by atoms with Crippen molar-refractivity contribution in [3.05, 3.63) is 58.9 Å². The Labute approximate surface area is 174 Å². The zero-order chi connectivity index (χ0) is 21.1. The second-order valence-electron chi connectivity index (χ2n) is 7.69. The van der Waals surface area contributed by atoms with Crippen molar-refractivity contribution in [1.82, 2.24) is 14.7 Å². The van der Waals surface area contributed by atoms with E-state index >= 15 is 0 Å². The molecule has 156 valence electrons. The van der Waals surface area contributed by atoms with E-state index in [0.717, 1.165) is 25.7 Å². The number of aromatic nitrogens is 2. The van der Waals surface area contributed by atoms with Gasteiger partial charge >= 0.3 is 0 Å². The average molecular weight is 406 g/mol. The lowest BCUT2D eigenvalue weighted by atomic mass is 10.2. The maximum absolute atomic E-state index is 13.3. The molecule has 0 aliphatic heterocycles. The Morgan fingerprint density at radius 2 is 1.77 bits per heavy atom. The topological polar surface area (TPSA) is 85.1 Å². The smallest absolute Gasteiger partial charge is 0.279 e. The Balaban J connectivity index is 1.76. The van der Waals surface area contributed by atoms with Crippen LogP contribution in [0.3, 0.4) is 0 Å². The molecule has 7 nitrogen and oxygen atoms in total. The fraction of sp³-hybridized carbons (Fsp3) is 0.348. The highest BCUT2D eigenvalue weighted by molar-refractivity contribution is 5.93. The molecule has 0 radical (unpaired) electrons. The maximum atomic E-state index is 13.3. The van der Waals surface area contributed by atoms with Crippen LogP contribution in [0.2, 0.25) is 0 Å². The van der Waals surface area contributed by atoms with Gasteiger partial charge in [-0.1, -0.05) is 38.0 Å². The van der Waals surface area contributed by atoms with Gasteiger partial charge in [0.2, 0.25) is 11.8 Å². The number of carbonyl (C=O) groups is 2. The molecule has 1 aromatic heterocycles. The van der Waals surface area contributed by atoms with Crippen LogP contribution in [-0.2, 0) is 16.1 Å². The summed E-state index contributed by atoms with van der Waals surface area (Å²) in [5.74, 6) is -0.222. The number of nitrogens with zero attached hydrogens (tertiary/aromatic N) is 2. The summed E-state index contributed by atoms with van der Waals surface area (Å²) >= 11 is 0. The van der Waals surface area contributed by atoms with E-state index in [1.807, 2.05) is 30.3 Å². The molecule has 0 bridgehead atoms. The quantitative estimate of drug-likeness (QED) is 0.659. The van der Waals surface area contributed by atoms with E-state index in [1.165, 1.54) is 4.68 Å². The lowest BCUT2D eigenvalue weighted by Gasteiger charge is -2.16. The third-order valence-corrected chi connectivity index (χ3v) is 5.56. The molecule has 1 aliphatic rings. The van der Waals surface area contributed by atoms with E-state index in [1.54, 1.807) is 29.8 Å². The fourth-order valence-corrected chi connectivity index (χ4v) is 4.05. The number of fused-ring (bicyclic) bond motifs is 1. The highest BCUT2D eigenvalue weighted by Crippen LogP contribution is 2.21. The van der Waals surface area contributed by atoms with Crippen molar-refractivity contribution < 1.29 is 9.59 Å². The molecule has 0 atom stereocenters. The summed E-state index contributed by atoms with van der Waals surface area (Å²) in [6, 6.07) is 14.7. The van der Waals surface area contributed by atoms with Crippen LogP contribution < -0.4 is 16.2 Å². The van der Waals surface area contributed by atoms with Gasteiger partial charge in [0.05, 0.1) is 16.6 Å². The molecule has 3 aromatic rings. The third-order valence-electron chi connectivity index (χ3n) is 5.56. The lowest BCUT2D eigenvalue weighted by molar-refractivity contribution is -0.122. The van der Waals surface area contributed by atoms with Crippen molar-refractivity contribution in [2.75, 3.05) is 5.32 Å². The summed E-state index contributed by atoms with van der Waals surface area (Å²) in [5.41, 5.74) is 1.68. The standard InChI is InChI=1S/C23H26N4O3/c1-2-21(28)25-17-12-13-20-19(14-17)23(30)27(18-10-4-3-5-11-18)26(20)15-22(29)24-16-8-6-7-9-16/h3-5,10-14,16H,2,6-9,15H2,1H3,(H,24,29)(H,25,28). The van der Waals surface area contributed by atoms with Gasteiger partial charge < -0.3 is 10.6 Å². The van der Waals surface area contributed by atoms with E-state index in [2.05, 4.69) is 10.6 Å². The molecule has 7 heteroatoms. The van der Waals surface area contributed by atoms with Crippen LogP contribution >= 0.6 is 0 Å².